The molecule has 0 amide bonds. The van der Waals surface area contributed by atoms with E-state index in [1.54, 1.807) is 0 Å². The van der Waals surface area contributed by atoms with Crippen molar-refractivity contribution >= 4 is 21.4 Å². The Balaban J connectivity index is 2.38. The molecule has 1 aromatic carbocycles. The Bertz CT molecular complexity index is 640. The smallest absolute Gasteiger partial charge is 0.271 e. The highest BCUT2D eigenvalue weighted by molar-refractivity contribution is 7.89. The van der Waals surface area contributed by atoms with Crippen LogP contribution in [0, 0.1) is 10.1 Å². The summed E-state index contributed by atoms with van der Waals surface area (Å²) in [4.78, 5) is 9.97. The highest BCUT2D eigenvalue weighted by atomic mass is 32.2. The maximum atomic E-state index is 12.5. The van der Waals surface area contributed by atoms with Crippen LogP contribution in [0.2, 0.25) is 0 Å². The van der Waals surface area contributed by atoms with Gasteiger partial charge in [0.15, 0.2) is 0 Å². The van der Waals surface area contributed by atoms with Gasteiger partial charge in [-0.15, -0.1) is 0 Å². The lowest BCUT2D eigenvalue weighted by Crippen LogP contribution is -2.40. The zero-order chi connectivity index (χ0) is 15.6. The molecule has 0 aliphatic carbocycles. The number of piperidine rings is 1. The summed E-state index contributed by atoms with van der Waals surface area (Å²) in [6.07, 6.45) is 0.218. The molecule has 0 atom stereocenters. The number of rotatable bonds is 4. The first-order chi connectivity index (χ1) is 9.86. The molecule has 0 spiro atoms. The second-order valence-electron chi connectivity index (χ2n) is 4.72. The van der Waals surface area contributed by atoms with Gasteiger partial charge in [0.25, 0.3) is 5.69 Å². The van der Waals surface area contributed by atoms with Crippen LogP contribution in [0.1, 0.15) is 12.8 Å². The van der Waals surface area contributed by atoms with Crippen molar-refractivity contribution in [2.45, 2.75) is 23.8 Å². The Morgan fingerprint density at radius 3 is 2.52 bits per heavy atom. The van der Waals surface area contributed by atoms with Crippen molar-refractivity contribution < 1.29 is 18.4 Å². The van der Waals surface area contributed by atoms with Crippen molar-refractivity contribution in [3.05, 3.63) is 28.3 Å². The number of anilines is 1. The number of hydrogen-bond acceptors (Lipinski definition) is 7. The van der Waals surface area contributed by atoms with Gasteiger partial charge < -0.3 is 10.5 Å². The third-order valence-corrected chi connectivity index (χ3v) is 5.33. The molecule has 4 N–H and O–H groups in total. The van der Waals surface area contributed by atoms with Gasteiger partial charge in [0.1, 0.15) is 4.90 Å². The third-order valence-electron chi connectivity index (χ3n) is 3.37. The zero-order valence-electron chi connectivity index (χ0n) is 11.1. The minimum Gasteiger partial charge on any atom is -0.393 e. The van der Waals surface area contributed by atoms with Crippen molar-refractivity contribution in [1.29, 1.82) is 0 Å². The molecule has 1 aromatic rings. The lowest BCUT2D eigenvalue weighted by atomic mass is 10.1. The summed E-state index contributed by atoms with van der Waals surface area (Å²) in [5.74, 6) is 5.27. The van der Waals surface area contributed by atoms with Gasteiger partial charge in [-0.2, -0.15) is 4.31 Å². The number of benzene rings is 1. The molecule has 0 radical (unpaired) electrons. The van der Waals surface area contributed by atoms with E-state index in [2.05, 4.69) is 5.43 Å². The van der Waals surface area contributed by atoms with Crippen molar-refractivity contribution in [2.75, 3.05) is 18.5 Å². The first kappa shape index (κ1) is 15.6. The molecular weight excluding hydrogens is 300 g/mol. The molecule has 2 rings (SSSR count). The molecule has 1 aliphatic rings. The summed E-state index contributed by atoms with van der Waals surface area (Å²) in [5, 5.41) is 20.1. The quantitative estimate of drug-likeness (QED) is 0.404. The van der Waals surface area contributed by atoms with Gasteiger partial charge in [0.05, 0.1) is 16.7 Å². The van der Waals surface area contributed by atoms with Gasteiger partial charge >= 0.3 is 0 Å². The minimum absolute atomic E-state index is 0.0321. The van der Waals surface area contributed by atoms with Crippen molar-refractivity contribution in [2.24, 2.45) is 5.84 Å². The van der Waals surface area contributed by atoms with Gasteiger partial charge in [-0.05, 0) is 18.9 Å². The molecule has 10 heteroatoms. The van der Waals surface area contributed by atoms with Crippen LogP contribution in [0.15, 0.2) is 23.1 Å². The minimum atomic E-state index is -3.81. The van der Waals surface area contributed by atoms with Crippen molar-refractivity contribution in [3.8, 4) is 0 Å². The summed E-state index contributed by atoms with van der Waals surface area (Å²) in [7, 11) is -3.81. The predicted octanol–water partition coefficient (Wildman–Crippen LogP) is 0.0258. The molecule has 0 saturated carbocycles. The summed E-state index contributed by atoms with van der Waals surface area (Å²) >= 11 is 0. The predicted molar refractivity (Wildman–Crippen MR) is 74.9 cm³/mol. The van der Waals surface area contributed by atoms with E-state index in [9.17, 15) is 23.6 Å². The van der Waals surface area contributed by atoms with Crippen molar-refractivity contribution in [1.82, 2.24) is 4.31 Å². The number of hydrazine groups is 1. The lowest BCUT2D eigenvalue weighted by molar-refractivity contribution is -0.384. The number of nitrogens with two attached hydrogens (primary N) is 1. The van der Waals surface area contributed by atoms with E-state index in [1.165, 1.54) is 4.31 Å². The monoisotopic (exact) mass is 316 g/mol. The fourth-order valence-electron chi connectivity index (χ4n) is 2.19. The number of nitrogens with one attached hydrogen (secondary N) is 1. The Hall–Kier alpha value is -1.75. The topological polar surface area (TPSA) is 139 Å². The van der Waals surface area contributed by atoms with Gasteiger partial charge in [-0.25, -0.2) is 8.42 Å². The average Bonchev–Trinajstić information content (AvgIpc) is 2.46. The van der Waals surface area contributed by atoms with E-state index in [1.807, 2.05) is 0 Å². The largest absolute Gasteiger partial charge is 0.393 e. The standard InChI is InChI=1S/C11H16N4O5S/c12-13-10-7-8(15(17)18)1-2-11(10)21(19,20)14-5-3-9(16)4-6-14/h1-2,7,9,13,16H,3-6,12H2. The number of nitro groups is 1. The van der Waals surface area contributed by atoms with Crippen LogP contribution < -0.4 is 11.3 Å². The molecule has 1 heterocycles. The van der Waals surface area contributed by atoms with Gasteiger partial charge in [-0.3, -0.25) is 16.0 Å². The molecule has 9 nitrogen and oxygen atoms in total. The first-order valence-corrected chi connectivity index (χ1v) is 7.73. The normalized spacial score (nSPS) is 17.6. The van der Waals surface area contributed by atoms with E-state index in [0.717, 1.165) is 18.2 Å². The number of non-ortho nitro benzene ring substituents is 1. The summed E-state index contributed by atoms with van der Waals surface area (Å²) < 4.78 is 26.3. The number of nitro benzene ring substituents is 1. The fraction of sp³-hybridized carbons (Fsp3) is 0.455. The lowest BCUT2D eigenvalue weighted by Gasteiger charge is -2.29. The molecule has 21 heavy (non-hydrogen) atoms. The second-order valence-corrected chi connectivity index (χ2v) is 6.62. The van der Waals surface area contributed by atoms with E-state index in [-0.39, 0.29) is 29.4 Å². The molecule has 0 unspecified atom stereocenters. The van der Waals surface area contributed by atoms with E-state index < -0.39 is 21.1 Å². The summed E-state index contributed by atoms with van der Waals surface area (Å²) in [6.45, 7) is 0.398. The molecule has 0 aromatic heterocycles. The van der Waals surface area contributed by atoms with Crippen LogP contribution in [0.25, 0.3) is 0 Å². The van der Waals surface area contributed by atoms with Crippen LogP contribution in [0.3, 0.4) is 0 Å². The van der Waals surface area contributed by atoms with Crippen LogP contribution >= 0.6 is 0 Å². The number of sulfonamides is 1. The second kappa shape index (κ2) is 5.93. The van der Waals surface area contributed by atoms with Crippen LogP contribution in [-0.2, 0) is 10.0 Å². The molecule has 1 saturated heterocycles. The van der Waals surface area contributed by atoms with E-state index in [0.29, 0.717) is 12.8 Å². The highest BCUT2D eigenvalue weighted by Crippen LogP contribution is 2.29. The van der Waals surface area contributed by atoms with E-state index >= 15 is 0 Å². The maximum absolute atomic E-state index is 12.5. The number of aliphatic hydroxyl groups is 1. The average molecular weight is 316 g/mol. The number of aliphatic hydroxyl groups excluding tert-OH is 1. The Kier molecular flexibility index (Phi) is 4.42. The molecular formula is C11H16N4O5S. The number of hydrogen-bond donors (Lipinski definition) is 3. The third kappa shape index (κ3) is 3.13. The Morgan fingerprint density at radius 1 is 1.38 bits per heavy atom. The molecule has 1 aliphatic heterocycles. The molecule has 116 valence electrons. The number of nitrogen functional groups attached to an aromatic ring is 1. The fourth-order valence-corrected chi connectivity index (χ4v) is 3.80. The Labute approximate surface area is 121 Å². The van der Waals surface area contributed by atoms with Crippen molar-refractivity contribution in [3.63, 3.8) is 0 Å². The SMILES string of the molecule is NNc1cc([N+](=O)[O-])ccc1S(=O)(=O)N1CCC(O)CC1. The van der Waals surface area contributed by atoms with E-state index in [4.69, 9.17) is 5.84 Å². The van der Waals surface area contributed by atoms with Gasteiger partial charge in [0, 0.05) is 25.2 Å². The first-order valence-electron chi connectivity index (χ1n) is 6.29. The summed E-state index contributed by atoms with van der Waals surface area (Å²) in [6, 6.07) is 3.35. The van der Waals surface area contributed by atoms with Gasteiger partial charge in [-0.1, -0.05) is 0 Å². The van der Waals surface area contributed by atoms with Crippen LogP contribution in [0.4, 0.5) is 11.4 Å². The Morgan fingerprint density at radius 2 is 2.00 bits per heavy atom. The maximum Gasteiger partial charge on any atom is 0.271 e. The molecule has 0 bridgehead atoms. The van der Waals surface area contributed by atoms with Crippen LogP contribution in [0.5, 0.6) is 0 Å². The highest BCUT2D eigenvalue weighted by Gasteiger charge is 2.31. The van der Waals surface area contributed by atoms with Crippen LogP contribution in [-0.4, -0.2) is 41.9 Å². The summed E-state index contributed by atoms with van der Waals surface area (Å²) in [5.41, 5.74) is 1.90. The number of nitrogens with zero attached hydrogens (tertiary/aromatic N) is 2. The zero-order valence-corrected chi connectivity index (χ0v) is 11.9. The van der Waals surface area contributed by atoms with Gasteiger partial charge in [0.2, 0.25) is 10.0 Å². The molecule has 1 fully saturated rings.